The summed E-state index contributed by atoms with van der Waals surface area (Å²) in [4.78, 5) is 4.16. The Bertz CT molecular complexity index is 225. The van der Waals surface area contributed by atoms with Crippen molar-refractivity contribution in [2.45, 2.75) is 31.6 Å². The predicted molar refractivity (Wildman–Crippen MR) is 88.8 cm³/mol. The maximum absolute atomic E-state index is 5.33. The molecule has 0 fully saturated rings. The third-order valence-electron chi connectivity index (χ3n) is 2.42. The summed E-state index contributed by atoms with van der Waals surface area (Å²) in [6.45, 7) is 7.91. The van der Waals surface area contributed by atoms with E-state index in [0.717, 1.165) is 19.0 Å². The van der Waals surface area contributed by atoms with Crippen molar-refractivity contribution in [3.8, 4) is 0 Å². The molecule has 0 aromatic carbocycles. The molecule has 1 unspecified atom stereocenters. The standard InChI is InChI=1S/C11H25N3OS.HI/c1-9(16-6)7-13-10(12-4)14-8-11(2,3)15-5;/h9H,7-8H2,1-6H3,(H2,12,13,14);1H. The Balaban J connectivity index is 0. The van der Waals surface area contributed by atoms with E-state index in [1.807, 2.05) is 25.6 Å². The Morgan fingerprint density at radius 3 is 2.41 bits per heavy atom. The number of halogens is 1. The number of guanidine groups is 1. The Morgan fingerprint density at radius 1 is 1.41 bits per heavy atom. The van der Waals surface area contributed by atoms with Crippen LogP contribution in [0.5, 0.6) is 0 Å². The number of hydrogen-bond acceptors (Lipinski definition) is 3. The van der Waals surface area contributed by atoms with Crippen LogP contribution in [0.15, 0.2) is 4.99 Å². The van der Waals surface area contributed by atoms with E-state index in [4.69, 9.17) is 4.74 Å². The minimum atomic E-state index is -0.178. The van der Waals surface area contributed by atoms with Crippen LogP contribution in [0.2, 0.25) is 0 Å². The van der Waals surface area contributed by atoms with Crippen molar-refractivity contribution in [3.63, 3.8) is 0 Å². The first kappa shape index (κ1) is 19.6. The fourth-order valence-electron chi connectivity index (χ4n) is 0.913. The Hall–Kier alpha value is 0.310. The van der Waals surface area contributed by atoms with Crippen molar-refractivity contribution < 1.29 is 4.74 Å². The van der Waals surface area contributed by atoms with Crippen molar-refractivity contribution in [1.82, 2.24) is 10.6 Å². The van der Waals surface area contributed by atoms with E-state index in [1.54, 1.807) is 14.2 Å². The second kappa shape index (κ2) is 10.3. The molecule has 0 aromatic heterocycles. The lowest BCUT2D eigenvalue weighted by atomic mass is 10.1. The zero-order valence-electron chi connectivity index (χ0n) is 11.7. The smallest absolute Gasteiger partial charge is 0.191 e. The molecular formula is C11H26IN3OS. The van der Waals surface area contributed by atoms with E-state index in [1.165, 1.54) is 0 Å². The van der Waals surface area contributed by atoms with Gasteiger partial charge in [0, 0.05) is 32.5 Å². The summed E-state index contributed by atoms with van der Waals surface area (Å²) in [6, 6.07) is 0. The van der Waals surface area contributed by atoms with Crippen LogP contribution >= 0.6 is 35.7 Å². The van der Waals surface area contributed by atoms with Gasteiger partial charge in [-0.3, -0.25) is 4.99 Å². The summed E-state index contributed by atoms with van der Waals surface area (Å²) in [5.74, 6) is 0.825. The molecule has 0 saturated heterocycles. The second-order valence-electron chi connectivity index (χ2n) is 4.32. The normalized spacial score (nSPS) is 13.9. The van der Waals surface area contributed by atoms with Gasteiger partial charge >= 0.3 is 0 Å². The fraction of sp³-hybridized carbons (Fsp3) is 0.909. The molecule has 0 aromatic rings. The van der Waals surface area contributed by atoms with Crippen LogP contribution in [-0.2, 0) is 4.74 Å². The highest BCUT2D eigenvalue weighted by Gasteiger charge is 2.16. The Labute approximate surface area is 127 Å². The number of thioether (sulfide) groups is 1. The molecule has 1 atom stereocenters. The van der Waals surface area contributed by atoms with E-state index in [2.05, 4.69) is 28.8 Å². The summed E-state index contributed by atoms with van der Waals surface area (Å²) in [7, 11) is 3.49. The first-order valence-corrected chi connectivity index (χ1v) is 6.76. The Kier molecular flexibility index (Phi) is 11.8. The van der Waals surface area contributed by atoms with Gasteiger partial charge in [-0.1, -0.05) is 6.92 Å². The average molecular weight is 375 g/mol. The Morgan fingerprint density at radius 2 is 2.00 bits per heavy atom. The number of rotatable bonds is 6. The van der Waals surface area contributed by atoms with Crippen LogP contribution in [0.1, 0.15) is 20.8 Å². The lowest BCUT2D eigenvalue weighted by Gasteiger charge is -2.24. The van der Waals surface area contributed by atoms with E-state index >= 15 is 0 Å². The molecule has 0 spiro atoms. The molecular weight excluding hydrogens is 349 g/mol. The molecule has 0 aliphatic heterocycles. The third kappa shape index (κ3) is 9.96. The summed E-state index contributed by atoms with van der Waals surface area (Å²) < 4.78 is 5.33. The topological polar surface area (TPSA) is 45.7 Å². The van der Waals surface area contributed by atoms with Gasteiger partial charge in [-0.15, -0.1) is 24.0 Å². The van der Waals surface area contributed by atoms with E-state index in [9.17, 15) is 0 Å². The largest absolute Gasteiger partial charge is 0.377 e. The molecule has 0 amide bonds. The zero-order valence-corrected chi connectivity index (χ0v) is 14.8. The maximum Gasteiger partial charge on any atom is 0.191 e. The monoisotopic (exact) mass is 375 g/mol. The van der Waals surface area contributed by atoms with E-state index in [-0.39, 0.29) is 29.6 Å². The van der Waals surface area contributed by atoms with Gasteiger partial charge < -0.3 is 15.4 Å². The summed E-state index contributed by atoms with van der Waals surface area (Å²) in [5, 5.41) is 7.10. The van der Waals surface area contributed by atoms with E-state index < -0.39 is 0 Å². The van der Waals surface area contributed by atoms with Crippen molar-refractivity contribution >= 4 is 41.7 Å². The van der Waals surface area contributed by atoms with Crippen molar-refractivity contribution in [2.24, 2.45) is 4.99 Å². The van der Waals surface area contributed by atoms with Gasteiger partial charge in [0.05, 0.1) is 5.60 Å². The summed E-state index contributed by atoms with van der Waals surface area (Å²) in [5.41, 5.74) is -0.178. The van der Waals surface area contributed by atoms with Crippen LogP contribution in [0, 0.1) is 0 Å². The molecule has 0 heterocycles. The van der Waals surface area contributed by atoms with Crippen molar-refractivity contribution in [3.05, 3.63) is 0 Å². The number of hydrogen-bond donors (Lipinski definition) is 2. The number of nitrogens with zero attached hydrogens (tertiary/aromatic N) is 1. The minimum absolute atomic E-state index is 0. The van der Waals surface area contributed by atoms with E-state index in [0.29, 0.717) is 5.25 Å². The van der Waals surface area contributed by atoms with Crippen LogP contribution in [0.25, 0.3) is 0 Å². The molecule has 0 radical (unpaired) electrons. The lowest BCUT2D eigenvalue weighted by molar-refractivity contribution is 0.0268. The van der Waals surface area contributed by atoms with Crippen molar-refractivity contribution in [2.75, 3.05) is 33.5 Å². The molecule has 4 nitrogen and oxygen atoms in total. The molecule has 0 aliphatic rings. The zero-order chi connectivity index (χ0) is 12.6. The molecule has 2 N–H and O–H groups in total. The molecule has 0 saturated carbocycles. The highest BCUT2D eigenvalue weighted by molar-refractivity contribution is 14.0. The first-order valence-electron chi connectivity index (χ1n) is 5.47. The lowest BCUT2D eigenvalue weighted by Crippen LogP contribution is -2.46. The summed E-state index contributed by atoms with van der Waals surface area (Å²) >= 11 is 1.84. The fourth-order valence-corrected chi connectivity index (χ4v) is 1.16. The number of aliphatic imine (C=N–C) groups is 1. The molecule has 0 bridgehead atoms. The molecule has 0 rings (SSSR count). The van der Waals surface area contributed by atoms with Crippen molar-refractivity contribution in [1.29, 1.82) is 0 Å². The molecule has 6 heteroatoms. The third-order valence-corrected chi connectivity index (χ3v) is 3.39. The van der Waals surface area contributed by atoms with Crippen LogP contribution < -0.4 is 10.6 Å². The van der Waals surface area contributed by atoms with Gasteiger partial charge in [0.1, 0.15) is 0 Å². The highest BCUT2D eigenvalue weighted by atomic mass is 127. The predicted octanol–water partition coefficient (Wildman–Crippen LogP) is 1.95. The molecule has 104 valence electrons. The number of nitrogens with one attached hydrogen (secondary N) is 2. The quantitative estimate of drug-likeness (QED) is 0.423. The maximum atomic E-state index is 5.33. The summed E-state index contributed by atoms with van der Waals surface area (Å²) in [6.07, 6.45) is 2.11. The first-order chi connectivity index (χ1) is 7.45. The SMILES string of the molecule is CN=C(NCC(C)SC)NCC(C)(C)OC.I. The van der Waals surface area contributed by atoms with Gasteiger partial charge in [0.15, 0.2) is 5.96 Å². The van der Waals surface area contributed by atoms with Gasteiger partial charge in [0.25, 0.3) is 0 Å². The van der Waals surface area contributed by atoms with Crippen LogP contribution in [0.3, 0.4) is 0 Å². The molecule has 17 heavy (non-hydrogen) atoms. The van der Waals surface area contributed by atoms with Gasteiger partial charge in [-0.05, 0) is 20.1 Å². The number of methoxy groups -OCH3 is 1. The second-order valence-corrected chi connectivity index (χ2v) is 5.59. The molecule has 0 aliphatic carbocycles. The van der Waals surface area contributed by atoms with Gasteiger partial charge in [-0.25, -0.2) is 0 Å². The van der Waals surface area contributed by atoms with Gasteiger partial charge in [0.2, 0.25) is 0 Å². The average Bonchev–Trinajstić information content (AvgIpc) is 2.28. The van der Waals surface area contributed by atoms with Gasteiger partial charge in [-0.2, -0.15) is 11.8 Å². The number of ether oxygens (including phenoxy) is 1. The minimum Gasteiger partial charge on any atom is -0.377 e. The van der Waals surface area contributed by atoms with Crippen LogP contribution in [-0.4, -0.2) is 50.3 Å². The highest BCUT2D eigenvalue weighted by Crippen LogP contribution is 2.05. The van der Waals surface area contributed by atoms with Crippen LogP contribution in [0.4, 0.5) is 0 Å².